The Hall–Kier alpha value is -0.870. The summed E-state index contributed by atoms with van der Waals surface area (Å²) >= 11 is 0. The molecule has 4 heteroatoms. The molecule has 1 rings (SSSR count). The van der Waals surface area contributed by atoms with Crippen molar-refractivity contribution in [3.05, 3.63) is 12.2 Å². The van der Waals surface area contributed by atoms with Crippen LogP contribution in [0.1, 0.15) is 34.6 Å². The summed E-state index contributed by atoms with van der Waals surface area (Å²) in [6.45, 7) is 9.64. The van der Waals surface area contributed by atoms with E-state index >= 15 is 0 Å². The lowest BCUT2D eigenvalue weighted by atomic mass is 10.2. The molecule has 0 radical (unpaired) electrons. The molecule has 0 N–H and O–H groups in total. The maximum atomic E-state index is 11.4. The largest absolute Gasteiger partial charge is 0.457 e. The monoisotopic (exact) mass is 228 g/mol. The van der Waals surface area contributed by atoms with Gasteiger partial charge in [0.25, 0.3) is 0 Å². The summed E-state index contributed by atoms with van der Waals surface area (Å²) in [6, 6.07) is 0. The van der Waals surface area contributed by atoms with E-state index in [0.29, 0.717) is 6.61 Å². The topological polar surface area (TPSA) is 44.8 Å². The highest BCUT2D eigenvalue weighted by Gasteiger charge is 2.31. The third-order valence-electron chi connectivity index (χ3n) is 1.88. The number of rotatable bonds is 2. The van der Waals surface area contributed by atoms with Gasteiger partial charge in [-0.2, -0.15) is 0 Å². The van der Waals surface area contributed by atoms with Crippen LogP contribution < -0.4 is 0 Å². The molecule has 1 aliphatic heterocycles. The van der Waals surface area contributed by atoms with Crippen molar-refractivity contribution in [3.8, 4) is 0 Å². The number of carbonyl (C=O) groups is 1. The standard InChI is InChI=1S/C12H20O4/c1-11(2,3)16-10(13)7-6-9-8-14-12(4,5)15-9/h6-7,9H,8H2,1-5H3/b7-6+/t9-/m1/s1. The normalized spacial score (nSPS) is 24.9. The van der Waals surface area contributed by atoms with Crippen LogP contribution in [0.4, 0.5) is 0 Å². The first-order valence-corrected chi connectivity index (χ1v) is 5.41. The number of ether oxygens (including phenoxy) is 3. The fraction of sp³-hybridized carbons (Fsp3) is 0.750. The summed E-state index contributed by atoms with van der Waals surface area (Å²) in [5, 5.41) is 0. The van der Waals surface area contributed by atoms with Gasteiger partial charge in [-0.25, -0.2) is 4.79 Å². The molecule has 1 saturated heterocycles. The molecule has 1 fully saturated rings. The van der Waals surface area contributed by atoms with E-state index in [4.69, 9.17) is 14.2 Å². The van der Waals surface area contributed by atoms with Gasteiger partial charge in [0.05, 0.1) is 6.61 Å². The van der Waals surface area contributed by atoms with Crippen molar-refractivity contribution >= 4 is 5.97 Å². The summed E-state index contributed by atoms with van der Waals surface area (Å²) in [5.41, 5.74) is -0.465. The Morgan fingerprint density at radius 1 is 1.44 bits per heavy atom. The molecule has 0 saturated carbocycles. The minimum atomic E-state index is -0.567. The molecular formula is C12H20O4. The van der Waals surface area contributed by atoms with E-state index in [9.17, 15) is 4.79 Å². The highest BCUT2D eigenvalue weighted by Crippen LogP contribution is 2.22. The number of carbonyl (C=O) groups excluding carboxylic acids is 1. The van der Waals surface area contributed by atoms with E-state index in [0.717, 1.165) is 0 Å². The third kappa shape index (κ3) is 4.77. The van der Waals surface area contributed by atoms with Crippen LogP contribution in [0, 0.1) is 0 Å². The molecule has 0 aromatic carbocycles. The Morgan fingerprint density at radius 2 is 2.06 bits per heavy atom. The Kier molecular flexibility index (Phi) is 3.76. The molecular weight excluding hydrogens is 208 g/mol. The molecule has 16 heavy (non-hydrogen) atoms. The van der Waals surface area contributed by atoms with Gasteiger partial charge in [-0.05, 0) is 40.7 Å². The average Bonchev–Trinajstić information content (AvgIpc) is 2.39. The maximum absolute atomic E-state index is 11.4. The predicted molar refractivity (Wildman–Crippen MR) is 59.9 cm³/mol. The van der Waals surface area contributed by atoms with E-state index in [1.54, 1.807) is 6.08 Å². The summed E-state index contributed by atoms with van der Waals surface area (Å²) in [5.74, 6) is -0.927. The van der Waals surface area contributed by atoms with Crippen molar-refractivity contribution in [2.75, 3.05) is 6.61 Å². The third-order valence-corrected chi connectivity index (χ3v) is 1.88. The van der Waals surface area contributed by atoms with Crippen molar-refractivity contribution in [1.29, 1.82) is 0 Å². The van der Waals surface area contributed by atoms with Crippen LogP contribution >= 0.6 is 0 Å². The quantitative estimate of drug-likeness (QED) is 0.536. The first-order chi connectivity index (χ1) is 7.18. The zero-order valence-corrected chi connectivity index (χ0v) is 10.6. The number of hydrogen-bond acceptors (Lipinski definition) is 4. The summed E-state index contributed by atoms with van der Waals surface area (Å²) in [7, 11) is 0. The van der Waals surface area contributed by atoms with Gasteiger partial charge in [0.1, 0.15) is 11.7 Å². The maximum Gasteiger partial charge on any atom is 0.331 e. The van der Waals surface area contributed by atoms with Gasteiger partial charge in [0.15, 0.2) is 5.79 Å². The van der Waals surface area contributed by atoms with Crippen molar-refractivity contribution in [2.24, 2.45) is 0 Å². The van der Waals surface area contributed by atoms with Crippen molar-refractivity contribution < 1.29 is 19.0 Å². The Balaban J connectivity index is 2.41. The second-order valence-corrected chi connectivity index (χ2v) is 5.26. The molecule has 0 bridgehead atoms. The van der Waals surface area contributed by atoms with Crippen LogP contribution in [0.3, 0.4) is 0 Å². The lowest BCUT2D eigenvalue weighted by Crippen LogP contribution is -2.23. The summed E-state index contributed by atoms with van der Waals surface area (Å²) in [4.78, 5) is 11.4. The Morgan fingerprint density at radius 3 is 2.50 bits per heavy atom. The molecule has 1 heterocycles. The van der Waals surface area contributed by atoms with Crippen LogP contribution in [-0.2, 0) is 19.0 Å². The van der Waals surface area contributed by atoms with Gasteiger partial charge in [-0.3, -0.25) is 0 Å². The minimum absolute atomic E-state index is 0.178. The fourth-order valence-electron chi connectivity index (χ4n) is 1.33. The first-order valence-electron chi connectivity index (χ1n) is 5.41. The Bertz CT molecular complexity index is 286. The van der Waals surface area contributed by atoms with Gasteiger partial charge in [0.2, 0.25) is 0 Å². The van der Waals surface area contributed by atoms with Crippen LogP contribution in [0.5, 0.6) is 0 Å². The van der Waals surface area contributed by atoms with Gasteiger partial charge in [-0.15, -0.1) is 0 Å². The first kappa shape index (κ1) is 13.2. The highest BCUT2D eigenvalue weighted by atomic mass is 16.7. The molecule has 1 aliphatic rings. The molecule has 0 unspecified atom stereocenters. The second kappa shape index (κ2) is 4.55. The fourth-order valence-corrected chi connectivity index (χ4v) is 1.33. The van der Waals surface area contributed by atoms with Crippen molar-refractivity contribution in [3.63, 3.8) is 0 Å². The summed E-state index contributed by atoms with van der Waals surface area (Å²) < 4.78 is 16.0. The highest BCUT2D eigenvalue weighted by molar-refractivity contribution is 5.82. The van der Waals surface area contributed by atoms with E-state index in [-0.39, 0.29) is 12.1 Å². The van der Waals surface area contributed by atoms with Crippen LogP contribution in [0.25, 0.3) is 0 Å². The zero-order valence-electron chi connectivity index (χ0n) is 10.6. The smallest absolute Gasteiger partial charge is 0.331 e. The SMILES string of the molecule is CC(C)(C)OC(=O)/C=C/[C@@H]1COC(C)(C)O1. The molecule has 92 valence electrons. The molecule has 0 aliphatic carbocycles. The molecule has 0 amide bonds. The molecule has 0 spiro atoms. The molecule has 1 atom stereocenters. The number of esters is 1. The zero-order chi connectivity index (χ0) is 12.4. The molecule has 0 aromatic rings. The van der Waals surface area contributed by atoms with Gasteiger partial charge < -0.3 is 14.2 Å². The van der Waals surface area contributed by atoms with E-state index in [2.05, 4.69) is 0 Å². The number of hydrogen-bond donors (Lipinski definition) is 0. The van der Waals surface area contributed by atoms with Crippen LogP contribution in [0.15, 0.2) is 12.2 Å². The van der Waals surface area contributed by atoms with Gasteiger partial charge in [0, 0.05) is 6.08 Å². The van der Waals surface area contributed by atoms with E-state index < -0.39 is 11.4 Å². The molecule has 4 nitrogen and oxygen atoms in total. The summed E-state index contributed by atoms with van der Waals surface area (Å²) in [6.07, 6.45) is 2.88. The van der Waals surface area contributed by atoms with Gasteiger partial charge >= 0.3 is 5.97 Å². The predicted octanol–water partition coefficient (Wildman–Crippen LogP) is 2.04. The minimum Gasteiger partial charge on any atom is -0.457 e. The molecule has 0 aromatic heterocycles. The Labute approximate surface area is 96.6 Å². The van der Waals surface area contributed by atoms with Crippen LogP contribution in [0.2, 0.25) is 0 Å². The van der Waals surface area contributed by atoms with E-state index in [1.165, 1.54) is 6.08 Å². The van der Waals surface area contributed by atoms with Crippen molar-refractivity contribution in [2.45, 2.75) is 52.1 Å². The van der Waals surface area contributed by atoms with Crippen LogP contribution in [-0.4, -0.2) is 30.1 Å². The second-order valence-electron chi connectivity index (χ2n) is 5.26. The van der Waals surface area contributed by atoms with Gasteiger partial charge in [-0.1, -0.05) is 0 Å². The van der Waals surface area contributed by atoms with Crippen molar-refractivity contribution in [1.82, 2.24) is 0 Å². The lowest BCUT2D eigenvalue weighted by Gasteiger charge is -2.18. The average molecular weight is 228 g/mol. The van der Waals surface area contributed by atoms with E-state index in [1.807, 2.05) is 34.6 Å². The lowest BCUT2D eigenvalue weighted by molar-refractivity contribution is -0.148.